The van der Waals surface area contributed by atoms with E-state index < -0.39 is 6.10 Å². The standard InChI is InChI=1S/C19H23NO3/c1-4-12-22-17-8-10-18(11-9-17)23-15(3)19(21)20-16-7-5-6-14(2)13-16/h5-11,13,15H,4,12H2,1-3H3,(H,20,21). The Morgan fingerprint density at radius 2 is 1.83 bits per heavy atom. The Morgan fingerprint density at radius 3 is 2.48 bits per heavy atom. The average molecular weight is 313 g/mol. The maximum Gasteiger partial charge on any atom is 0.265 e. The van der Waals surface area contributed by atoms with E-state index in [1.807, 2.05) is 43.3 Å². The lowest BCUT2D eigenvalue weighted by atomic mass is 10.2. The van der Waals surface area contributed by atoms with Crippen molar-refractivity contribution in [1.29, 1.82) is 0 Å². The molecule has 0 fully saturated rings. The van der Waals surface area contributed by atoms with Gasteiger partial charge in [-0.3, -0.25) is 4.79 Å². The van der Waals surface area contributed by atoms with Gasteiger partial charge in [0.05, 0.1) is 6.61 Å². The zero-order chi connectivity index (χ0) is 16.7. The van der Waals surface area contributed by atoms with Gasteiger partial charge in [0.1, 0.15) is 11.5 Å². The number of carbonyl (C=O) groups is 1. The number of amides is 1. The van der Waals surface area contributed by atoms with Gasteiger partial charge in [-0.15, -0.1) is 0 Å². The molecular weight excluding hydrogens is 290 g/mol. The molecule has 23 heavy (non-hydrogen) atoms. The fourth-order valence-corrected chi connectivity index (χ4v) is 2.06. The Kier molecular flexibility index (Phi) is 6.03. The van der Waals surface area contributed by atoms with Gasteiger partial charge in [-0.25, -0.2) is 0 Å². The van der Waals surface area contributed by atoms with Crippen molar-refractivity contribution < 1.29 is 14.3 Å². The van der Waals surface area contributed by atoms with E-state index in [9.17, 15) is 4.79 Å². The molecule has 0 radical (unpaired) electrons. The maximum atomic E-state index is 12.2. The van der Waals surface area contributed by atoms with Crippen LogP contribution >= 0.6 is 0 Å². The first kappa shape index (κ1) is 16.9. The Bertz CT molecular complexity index is 637. The fraction of sp³-hybridized carbons (Fsp3) is 0.316. The molecule has 0 aliphatic carbocycles. The summed E-state index contributed by atoms with van der Waals surface area (Å²) >= 11 is 0. The second kappa shape index (κ2) is 8.22. The monoisotopic (exact) mass is 313 g/mol. The molecule has 0 aliphatic rings. The molecule has 2 aromatic rings. The van der Waals surface area contributed by atoms with Gasteiger partial charge in [-0.2, -0.15) is 0 Å². The van der Waals surface area contributed by atoms with Crippen molar-refractivity contribution in [2.75, 3.05) is 11.9 Å². The van der Waals surface area contributed by atoms with Crippen LogP contribution in [0.2, 0.25) is 0 Å². The Balaban J connectivity index is 1.90. The first-order valence-electron chi connectivity index (χ1n) is 7.85. The number of nitrogens with one attached hydrogen (secondary N) is 1. The highest BCUT2D eigenvalue weighted by molar-refractivity contribution is 5.94. The number of ether oxygens (including phenoxy) is 2. The minimum atomic E-state index is -0.585. The van der Waals surface area contributed by atoms with Crippen molar-refractivity contribution in [2.45, 2.75) is 33.3 Å². The predicted octanol–water partition coefficient (Wildman–Crippen LogP) is 4.19. The zero-order valence-electron chi connectivity index (χ0n) is 13.8. The minimum Gasteiger partial charge on any atom is -0.494 e. The van der Waals surface area contributed by atoms with E-state index in [0.29, 0.717) is 12.4 Å². The van der Waals surface area contributed by atoms with Gasteiger partial charge in [0.2, 0.25) is 0 Å². The average Bonchev–Trinajstić information content (AvgIpc) is 2.54. The highest BCUT2D eigenvalue weighted by atomic mass is 16.5. The van der Waals surface area contributed by atoms with Crippen molar-refractivity contribution >= 4 is 11.6 Å². The van der Waals surface area contributed by atoms with Gasteiger partial charge in [0.15, 0.2) is 6.10 Å². The SMILES string of the molecule is CCCOc1ccc(OC(C)C(=O)Nc2cccc(C)c2)cc1. The van der Waals surface area contributed by atoms with Crippen LogP contribution < -0.4 is 14.8 Å². The summed E-state index contributed by atoms with van der Waals surface area (Å²) in [5.41, 5.74) is 1.87. The van der Waals surface area contributed by atoms with Crippen LogP contribution in [0.4, 0.5) is 5.69 Å². The van der Waals surface area contributed by atoms with Crippen LogP contribution in [0.15, 0.2) is 48.5 Å². The van der Waals surface area contributed by atoms with Crippen LogP contribution in [0.1, 0.15) is 25.8 Å². The molecule has 122 valence electrons. The van der Waals surface area contributed by atoms with Gasteiger partial charge in [0.25, 0.3) is 5.91 Å². The van der Waals surface area contributed by atoms with Crippen molar-refractivity contribution in [3.63, 3.8) is 0 Å². The lowest BCUT2D eigenvalue weighted by Gasteiger charge is -2.15. The van der Waals surface area contributed by atoms with Crippen LogP contribution in [-0.2, 0) is 4.79 Å². The molecule has 0 saturated carbocycles. The summed E-state index contributed by atoms with van der Waals surface area (Å²) < 4.78 is 11.2. The van der Waals surface area contributed by atoms with Gasteiger partial charge in [-0.1, -0.05) is 19.1 Å². The van der Waals surface area contributed by atoms with E-state index in [0.717, 1.165) is 23.4 Å². The van der Waals surface area contributed by atoms with Gasteiger partial charge in [0, 0.05) is 5.69 Å². The summed E-state index contributed by atoms with van der Waals surface area (Å²) in [5.74, 6) is 1.26. The number of benzene rings is 2. The number of hydrogen-bond donors (Lipinski definition) is 1. The molecule has 0 saturated heterocycles. The van der Waals surface area contributed by atoms with Crippen molar-refractivity contribution in [1.82, 2.24) is 0 Å². The molecule has 4 nitrogen and oxygen atoms in total. The summed E-state index contributed by atoms with van der Waals surface area (Å²) in [6.07, 6.45) is 0.381. The first-order chi connectivity index (χ1) is 11.1. The van der Waals surface area contributed by atoms with Gasteiger partial charge >= 0.3 is 0 Å². The third kappa shape index (κ3) is 5.33. The second-order valence-corrected chi connectivity index (χ2v) is 5.44. The smallest absolute Gasteiger partial charge is 0.265 e. The third-order valence-electron chi connectivity index (χ3n) is 3.26. The molecule has 1 atom stereocenters. The molecule has 4 heteroatoms. The topological polar surface area (TPSA) is 47.6 Å². The molecule has 2 aromatic carbocycles. The summed E-state index contributed by atoms with van der Waals surface area (Å²) in [4.78, 5) is 12.2. The molecule has 1 amide bonds. The molecular formula is C19H23NO3. The summed E-state index contributed by atoms with van der Waals surface area (Å²) in [6.45, 7) is 6.46. The quantitative estimate of drug-likeness (QED) is 0.833. The summed E-state index contributed by atoms with van der Waals surface area (Å²) in [6, 6.07) is 15.0. The molecule has 0 aliphatic heterocycles. The largest absolute Gasteiger partial charge is 0.494 e. The van der Waals surface area contributed by atoms with E-state index in [1.54, 1.807) is 19.1 Å². The Hall–Kier alpha value is -2.49. The van der Waals surface area contributed by atoms with E-state index in [-0.39, 0.29) is 5.91 Å². The van der Waals surface area contributed by atoms with Crippen LogP contribution in [-0.4, -0.2) is 18.6 Å². The van der Waals surface area contributed by atoms with E-state index >= 15 is 0 Å². The highest BCUT2D eigenvalue weighted by Crippen LogP contribution is 2.19. The number of carbonyl (C=O) groups excluding carboxylic acids is 1. The van der Waals surface area contributed by atoms with Crippen LogP contribution in [0.25, 0.3) is 0 Å². The lowest BCUT2D eigenvalue weighted by molar-refractivity contribution is -0.122. The molecule has 2 rings (SSSR count). The summed E-state index contributed by atoms with van der Waals surface area (Å²) in [7, 11) is 0. The van der Waals surface area contributed by atoms with E-state index in [4.69, 9.17) is 9.47 Å². The first-order valence-corrected chi connectivity index (χ1v) is 7.85. The molecule has 1 unspecified atom stereocenters. The number of aryl methyl sites for hydroxylation is 1. The molecule has 0 spiro atoms. The van der Waals surface area contributed by atoms with Gasteiger partial charge in [-0.05, 0) is 62.2 Å². The maximum absolute atomic E-state index is 12.2. The molecule has 1 N–H and O–H groups in total. The molecule has 0 aromatic heterocycles. The second-order valence-electron chi connectivity index (χ2n) is 5.44. The summed E-state index contributed by atoms with van der Waals surface area (Å²) in [5, 5.41) is 2.85. The van der Waals surface area contributed by atoms with Crippen LogP contribution in [0.5, 0.6) is 11.5 Å². The Labute approximate surface area is 137 Å². The Morgan fingerprint density at radius 1 is 1.13 bits per heavy atom. The van der Waals surface area contributed by atoms with E-state index in [2.05, 4.69) is 12.2 Å². The van der Waals surface area contributed by atoms with Gasteiger partial charge < -0.3 is 14.8 Å². The number of hydrogen-bond acceptors (Lipinski definition) is 3. The minimum absolute atomic E-state index is 0.179. The van der Waals surface area contributed by atoms with Crippen molar-refractivity contribution in [3.05, 3.63) is 54.1 Å². The zero-order valence-corrected chi connectivity index (χ0v) is 13.8. The molecule has 0 heterocycles. The van der Waals surface area contributed by atoms with Crippen LogP contribution in [0, 0.1) is 6.92 Å². The van der Waals surface area contributed by atoms with Crippen LogP contribution in [0.3, 0.4) is 0 Å². The fourth-order valence-electron chi connectivity index (χ4n) is 2.06. The number of rotatable bonds is 7. The lowest BCUT2D eigenvalue weighted by Crippen LogP contribution is -2.30. The van der Waals surface area contributed by atoms with Crippen molar-refractivity contribution in [2.24, 2.45) is 0 Å². The third-order valence-corrected chi connectivity index (χ3v) is 3.26. The normalized spacial score (nSPS) is 11.6. The highest BCUT2D eigenvalue weighted by Gasteiger charge is 2.15. The predicted molar refractivity (Wildman–Crippen MR) is 92.1 cm³/mol. The van der Waals surface area contributed by atoms with E-state index in [1.165, 1.54) is 0 Å². The van der Waals surface area contributed by atoms with Crippen molar-refractivity contribution in [3.8, 4) is 11.5 Å². The molecule has 0 bridgehead atoms. The number of anilines is 1.